The van der Waals surface area contributed by atoms with Gasteiger partial charge in [0.2, 0.25) is 0 Å². The number of urea groups is 1. The number of aromatic nitrogens is 1. The van der Waals surface area contributed by atoms with Crippen LogP contribution in [0.15, 0.2) is 29.6 Å². The minimum atomic E-state index is -0.316. The standard InChI is InChI=1S/C10H14N4OS/c1-2-7-16-14-10(15)13-12-8-9-3-5-11-6-4-9/h3-6,8H,2,7H2,1H3,(H2,13,14,15)/b12-8+. The van der Waals surface area contributed by atoms with Crippen molar-refractivity contribution in [3.63, 3.8) is 0 Å². The highest BCUT2D eigenvalue weighted by Gasteiger charge is 1.95. The molecule has 0 aliphatic heterocycles. The first kappa shape index (κ1) is 12.5. The minimum absolute atomic E-state index is 0.316. The summed E-state index contributed by atoms with van der Waals surface area (Å²) in [4.78, 5) is 15.0. The van der Waals surface area contributed by atoms with E-state index in [1.807, 2.05) is 6.92 Å². The molecule has 2 amide bonds. The Hall–Kier alpha value is -1.56. The average Bonchev–Trinajstić information content (AvgIpc) is 2.31. The van der Waals surface area contributed by atoms with Crippen LogP contribution in [0, 0.1) is 0 Å². The van der Waals surface area contributed by atoms with Crippen LogP contribution in [0.2, 0.25) is 0 Å². The zero-order valence-corrected chi connectivity index (χ0v) is 9.83. The van der Waals surface area contributed by atoms with Gasteiger partial charge >= 0.3 is 6.03 Å². The van der Waals surface area contributed by atoms with E-state index >= 15 is 0 Å². The number of carbonyl (C=O) groups is 1. The van der Waals surface area contributed by atoms with Crippen LogP contribution in [0.1, 0.15) is 18.9 Å². The van der Waals surface area contributed by atoms with Crippen molar-refractivity contribution in [1.29, 1.82) is 0 Å². The average molecular weight is 238 g/mol. The van der Waals surface area contributed by atoms with E-state index in [-0.39, 0.29) is 6.03 Å². The van der Waals surface area contributed by atoms with Crippen LogP contribution in [0.4, 0.5) is 4.79 Å². The normalized spacial score (nSPS) is 10.3. The van der Waals surface area contributed by atoms with Gasteiger partial charge in [-0.25, -0.2) is 10.2 Å². The van der Waals surface area contributed by atoms with Crippen molar-refractivity contribution in [1.82, 2.24) is 15.1 Å². The molecular weight excluding hydrogens is 224 g/mol. The lowest BCUT2D eigenvalue weighted by Crippen LogP contribution is -2.27. The molecule has 0 saturated carbocycles. The third-order valence-electron chi connectivity index (χ3n) is 1.56. The van der Waals surface area contributed by atoms with Gasteiger partial charge in [0.1, 0.15) is 0 Å². The molecule has 1 rings (SSSR count). The van der Waals surface area contributed by atoms with E-state index in [2.05, 4.69) is 20.2 Å². The molecular formula is C10H14N4OS. The molecule has 0 aliphatic carbocycles. The summed E-state index contributed by atoms with van der Waals surface area (Å²) < 4.78 is 2.61. The van der Waals surface area contributed by atoms with E-state index in [0.717, 1.165) is 17.7 Å². The second-order valence-electron chi connectivity index (χ2n) is 2.93. The monoisotopic (exact) mass is 238 g/mol. The quantitative estimate of drug-likeness (QED) is 0.355. The lowest BCUT2D eigenvalue weighted by Gasteiger charge is -2.00. The molecule has 0 radical (unpaired) electrons. The summed E-state index contributed by atoms with van der Waals surface area (Å²) in [6.07, 6.45) is 5.91. The van der Waals surface area contributed by atoms with Crippen LogP contribution < -0.4 is 10.1 Å². The molecule has 0 spiro atoms. The van der Waals surface area contributed by atoms with E-state index < -0.39 is 0 Å². The summed E-state index contributed by atoms with van der Waals surface area (Å²) in [5.41, 5.74) is 3.25. The van der Waals surface area contributed by atoms with Crippen LogP contribution >= 0.6 is 11.9 Å². The largest absolute Gasteiger partial charge is 0.345 e. The van der Waals surface area contributed by atoms with Gasteiger partial charge in [-0.3, -0.25) is 9.71 Å². The molecule has 0 bridgehead atoms. The van der Waals surface area contributed by atoms with Crippen molar-refractivity contribution in [2.75, 3.05) is 5.75 Å². The Morgan fingerprint density at radius 2 is 2.31 bits per heavy atom. The molecule has 86 valence electrons. The van der Waals surface area contributed by atoms with Gasteiger partial charge in [0.05, 0.1) is 6.21 Å². The van der Waals surface area contributed by atoms with Crippen LogP contribution in [0.5, 0.6) is 0 Å². The Morgan fingerprint density at radius 1 is 1.56 bits per heavy atom. The third kappa shape index (κ3) is 5.35. The predicted molar refractivity (Wildman–Crippen MR) is 66.2 cm³/mol. The van der Waals surface area contributed by atoms with Crippen molar-refractivity contribution in [3.8, 4) is 0 Å². The van der Waals surface area contributed by atoms with E-state index in [0.29, 0.717) is 0 Å². The first-order valence-corrected chi connectivity index (χ1v) is 5.92. The molecule has 6 heteroatoms. The zero-order chi connectivity index (χ0) is 11.6. The van der Waals surface area contributed by atoms with Crippen LogP contribution in [0.25, 0.3) is 0 Å². The SMILES string of the molecule is CCCSNC(=O)N/N=C/c1ccncc1. The molecule has 16 heavy (non-hydrogen) atoms. The number of carbonyl (C=O) groups excluding carboxylic acids is 1. The van der Waals surface area contributed by atoms with E-state index in [4.69, 9.17) is 0 Å². The number of rotatable bonds is 5. The van der Waals surface area contributed by atoms with Gasteiger partial charge in [0, 0.05) is 18.1 Å². The number of pyridine rings is 1. The Kier molecular flexibility index (Phi) is 6.02. The molecule has 0 saturated heterocycles. The molecule has 1 aromatic heterocycles. The van der Waals surface area contributed by atoms with Crippen LogP contribution in [0.3, 0.4) is 0 Å². The summed E-state index contributed by atoms with van der Waals surface area (Å²) >= 11 is 1.36. The second-order valence-corrected chi connectivity index (χ2v) is 3.83. The molecule has 5 nitrogen and oxygen atoms in total. The van der Waals surface area contributed by atoms with E-state index in [1.54, 1.807) is 30.7 Å². The van der Waals surface area contributed by atoms with Gasteiger partial charge in [-0.2, -0.15) is 5.10 Å². The van der Waals surface area contributed by atoms with Crippen LogP contribution in [-0.2, 0) is 0 Å². The van der Waals surface area contributed by atoms with Gasteiger partial charge in [-0.05, 0) is 36.1 Å². The molecule has 0 aromatic carbocycles. The van der Waals surface area contributed by atoms with Crippen molar-refractivity contribution in [2.45, 2.75) is 13.3 Å². The van der Waals surface area contributed by atoms with Gasteiger partial charge in [-0.15, -0.1) is 0 Å². The number of hydrazone groups is 1. The maximum absolute atomic E-state index is 11.1. The Balaban J connectivity index is 2.24. The fourth-order valence-electron chi connectivity index (χ4n) is 0.856. The Morgan fingerprint density at radius 3 is 3.00 bits per heavy atom. The van der Waals surface area contributed by atoms with Gasteiger partial charge < -0.3 is 0 Å². The van der Waals surface area contributed by atoms with Crippen molar-refractivity contribution >= 4 is 24.2 Å². The molecule has 0 fully saturated rings. The number of nitrogens with one attached hydrogen (secondary N) is 2. The van der Waals surface area contributed by atoms with Gasteiger partial charge in [-0.1, -0.05) is 6.92 Å². The number of nitrogens with zero attached hydrogens (tertiary/aromatic N) is 2. The Labute approximate surface area is 98.9 Å². The van der Waals surface area contributed by atoms with Crippen molar-refractivity contribution in [3.05, 3.63) is 30.1 Å². The Bertz CT molecular complexity index is 342. The maximum Gasteiger partial charge on any atom is 0.345 e. The summed E-state index contributed by atoms with van der Waals surface area (Å²) in [6.45, 7) is 2.05. The highest BCUT2D eigenvalue weighted by Crippen LogP contribution is 1.94. The zero-order valence-electron chi connectivity index (χ0n) is 9.01. The topological polar surface area (TPSA) is 66.4 Å². The second kappa shape index (κ2) is 7.70. The van der Waals surface area contributed by atoms with E-state index in [9.17, 15) is 4.79 Å². The summed E-state index contributed by atoms with van der Waals surface area (Å²) in [6, 6.07) is 3.29. The molecule has 1 aromatic rings. The first-order valence-electron chi connectivity index (χ1n) is 4.93. The molecule has 1 heterocycles. The highest BCUT2D eigenvalue weighted by atomic mass is 32.2. The number of amides is 2. The highest BCUT2D eigenvalue weighted by molar-refractivity contribution is 7.97. The lowest BCUT2D eigenvalue weighted by atomic mass is 10.3. The fraction of sp³-hybridized carbons (Fsp3) is 0.300. The third-order valence-corrected chi connectivity index (χ3v) is 2.50. The molecule has 2 N–H and O–H groups in total. The molecule has 0 aliphatic rings. The van der Waals surface area contributed by atoms with Gasteiger partial charge in [0.15, 0.2) is 0 Å². The number of hydrogen-bond donors (Lipinski definition) is 2. The van der Waals surface area contributed by atoms with Gasteiger partial charge in [0.25, 0.3) is 0 Å². The first-order chi connectivity index (χ1) is 7.83. The van der Waals surface area contributed by atoms with Crippen molar-refractivity contribution < 1.29 is 4.79 Å². The minimum Gasteiger partial charge on any atom is -0.280 e. The smallest absolute Gasteiger partial charge is 0.280 e. The molecule has 0 unspecified atom stereocenters. The summed E-state index contributed by atoms with van der Waals surface area (Å²) in [5.74, 6) is 0.890. The number of hydrogen-bond acceptors (Lipinski definition) is 4. The maximum atomic E-state index is 11.1. The fourth-order valence-corrected chi connectivity index (χ4v) is 1.34. The predicted octanol–water partition coefficient (Wildman–Crippen LogP) is 1.77. The summed E-state index contributed by atoms with van der Waals surface area (Å²) in [7, 11) is 0. The molecule has 0 atom stereocenters. The lowest BCUT2D eigenvalue weighted by molar-refractivity contribution is 0.247. The van der Waals surface area contributed by atoms with Crippen LogP contribution in [-0.4, -0.2) is 23.0 Å². The summed E-state index contributed by atoms with van der Waals surface area (Å²) in [5, 5.41) is 3.79. The van der Waals surface area contributed by atoms with Crippen molar-refractivity contribution in [2.24, 2.45) is 5.10 Å². The van der Waals surface area contributed by atoms with E-state index in [1.165, 1.54) is 11.9 Å².